The molecule has 21 heavy (non-hydrogen) atoms. The van der Waals surface area contributed by atoms with E-state index in [1.54, 1.807) is 0 Å². The molecule has 2 aliphatic rings. The van der Waals surface area contributed by atoms with Gasteiger partial charge in [-0.05, 0) is 50.3 Å². The minimum atomic E-state index is 0.464. The van der Waals surface area contributed by atoms with Gasteiger partial charge in [0, 0.05) is 12.0 Å². The van der Waals surface area contributed by atoms with Crippen molar-refractivity contribution < 1.29 is 4.52 Å². The van der Waals surface area contributed by atoms with Crippen molar-refractivity contribution in [1.29, 1.82) is 0 Å². The molecule has 0 N–H and O–H groups in total. The van der Waals surface area contributed by atoms with Gasteiger partial charge in [-0.3, -0.25) is 4.90 Å². The molecule has 4 heteroatoms. The van der Waals surface area contributed by atoms with Crippen LogP contribution in [0.25, 0.3) is 0 Å². The molecule has 1 fully saturated rings. The normalized spacial score (nSPS) is 21.5. The third kappa shape index (κ3) is 2.60. The Hall–Kier alpha value is -1.68. The lowest BCUT2D eigenvalue weighted by molar-refractivity contribution is 0.187. The number of fused-ring (bicyclic) bond motifs is 1. The number of hydrogen-bond donors (Lipinski definition) is 0. The summed E-state index contributed by atoms with van der Waals surface area (Å²) in [5.74, 6) is 2.22. The maximum absolute atomic E-state index is 5.41. The minimum Gasteiger partial charge on any atom is -0.338 e. The van der Waals surface area contributed by atoms with Gasteiger partial charge in [-0.2, -0.15) is 4.98 Å². The summed E-state index contributed by atoms with van der Waals surface area (Å²) < 4.78 is 5.41. The molecule has 1 atom stereocenters. The van der Waals surface area contributed by atoms with Gasteiger partial charge in [0.05, 0.1) is 6.54 Å². The van der Waals surface area contributed by atoms with Gasteiger partial charge in [0.15, 0.2) is 5.82 Å². The molecular weight excluding hydrogens is 262 g/mol. The first-order valence-corrected chi connectivity index (χ1v) is 7.92. The van der Waals surface area contributed by atoms with Gasteiger partial charge < -0.3 is 4.52 Å². The van der Waals surface area contributed by atoms with E-state index < -0.39 is 0 Å². The molecule has 2 aromatic rings. The summed E-state index contributed by atoms with van der Waals surface area (Å²) >= 11 is 0. The van der Waals surface area contributed by atoms with Crippen LogP contribution in [0, 0.1) is 0 Å². The third-order valence-corrected chi connectivity index (χ3v) is 4.68. The van der Waals surface area contributed by atoms with Crippen molar-refractivity contribution in [2.24, 2.45) is 0 Å². The van der Waals surface area contributed by atoms with Crippen LogP contribution in [-0.4, -0.2) is 22.1 Å². The number of rotatable bonds is 4. The van der Waals surface area contributed by atoms with E-state index in [2.05, 4.69) is 46.4 Å². The molecule has 1 aromatic heterocycles. The van der Waals surface area contributed by atoms with Crippen LogP contribution in [0.2, 0.25) is 0 Å². The van der Waals surface area contributed by atoms with Crippen LogP contribution in [-0.2, 0) is 13.0 Å². The molecule has 110 valence electrons. The van der Waals surface area contributed by atoms with Gasteiger partial charge in [0.1, 0.15) is 0 Å². The Balaban J connectivity index is 1.50. The summed E-state index contributed by atoms with van der Waals surface area (Å²) in [6.45, 7) is 0.735. The quantitative estimate of drug-likeness (QED) is 0.862. The lowest BCUT2D eigenvalue weighted by Gasteiger charge is -2.32. The van der Waals surface area contributed by atoms with E-state index in [-0.39, 0.29) is 0 Å². The number of benzene rings is 1. The second-order valence-electron chi connectivity index (χ2n) is 6.34. The summed E-state index contributed by atoms with van der Waals surface area (Å²) in [5.41, 5.74) is 2.96. The van der Waals surface area contributed by atoms with Crippen molar-refractivity contribution in [1.82, 2.24) is 15.0 Å². The van der Waals surface area contributed by atoms with Crippen molar-refractivity contribution in [3.8, 4) is 0 Å². The van der Waals surface area contributed by atoms with Gasteiger partial charge in [-0.25, -0.2) is 0 Å². The zero-order valence-corrected chi connectivity index (χ0v) is 12.5. The van der Waals surface area contributed by atoms with Crippen LogP contribution in [0.5, 0.6) is 0 Å². The van der Waals surface area contributed by atoms with Gasteiger partial charge in [0.2, 0.25) is 5.89 Å². The molecule has 0 radical (unpaired) electrons. The first kappa shape index (κ1) is 13.0. The molecule has 0 unspecified atom stereocenters. The Morgan fingerprint density at radius 3 is 2.95 bits per heavy atom. The minimum absolute atomic E-state index is 0.464. The number of aromatic nitrogens is 2. The van der Waals surface area contributed by atoms with Crippen LogP contribution in [0.4, 0.5) is 0 Å². The van der Waals surface area contributed by atoms with Crippen molar-refractivity contribution in [3.05, 3.63) is 47.1 Å². The molecule has 0 saturated heterocycles. The highest BCUT2D eigenvalue weighted by Crippen LogP contribution is 2.38. The van der Waals surface area contributed by atoms with E-state index in [4.69, 9.17) is 4.52 Å². The van der Waals surface area contributed by atoms with Crippen molar-refractivity contribution in [2.75, 3.05) is 7.05 Å². The largest absolute Gasteiger partial charge is 0.338 e. The van der Waals surface area contributed by atoms with Crippen molar-refractivity contribution in [3.63, 3.8) is 0 Å². The first-order valence-electron chi connectivity index (χ1n) is 7.92. The van der Waals surface area contributed by atoms with Gasteiger partial charge >= 0.3 is 0 Å². The van der Waals surface area contributed by atoms with E-state index in [1.807, 2.05) is 0 Å². The molecule has 0 bridgehead atoms. The Morgan fingerprint density at radius 1 is 1.24 bits per heavy atom. The van der Waals surface area contributed by atoms with Gasteiger partial charge in [0.25, 0.3) is 0 Å². The van der Waals surface area contributed by atoms with Crippen LogP contribution in [0.1, 0.15) is 60.5 Å². The Bertz CT molecular complexity index is 632. The molecule has 0 aliphatic heterocycles. The zero-order chi connectivity index (χ0) is 14.2. The molecule has 1 saturated carbocycles. The molecule has 4 rings (SSSR count). The van der Waals surface area contributed by atoms with E-state index >= 15 is 0 Å². The fourth-order valence-electron chi connectivity index (χ4n) is 3.35. The molecule has 0 amide bonds. The van der Waals surface area contributed by atoms with E-state index in [1.165, 1.54) is 43.2 Å². The summed E-state index contributed by atoms with van der Waals surface area (Å²) in [6, 6.07) is 9.27. The second-order valence-corrected chi connectivity index (χ2v) is 6.34. The second kappa shape index (κ2) is 5.26. The highest BCUT2D eigenvalue weighted by Gasteiger charge is 2.29. The average Bonchev–Trinajstić information content (AvgIpc) is 3.27. The molecule has 1 aromatic carbocycles. The fourth-order valence-corrected chi connectivity index (χ4v) is 3.35. The van der Waals surface area contributed by atoms with E-state index in [0.717, 1.165) is 18.3 Å². The van der Waals surface area contributed by atoms with Crippen LogP contribution >= 0.6 is 0 Å². The molecular formula is C17H21N3O. The summed E-state index contributed by atoms with van der Waals surface area (Å²) in [7, 11) is 2.16. The van der Waals surface area contributed by atoms with E-state index in [0.29, 0.717) is 12.0 Å². The van der Waals surface area contributed by atoms with Gasteiger partial charge in [-0.15, -0.1) is 0 Å². The van der Waals surface area contributed by atoms with Crippen molar-refractivity contribution >= 4 is 0 Å². The van der Waals surface area contributed by atoms with Crippen LogP contribution in [0.3, 0.4) is 0 Å². The SMILES string of the molecule is CN(Cc1nc(C2CC2)no1)[C@H]1CCCc2ccccc21. The van der Waals surface area contributed by atoms with Crippen LogP contribution < -0.4 is 0 Å². The number of nitrogens with zero attached hydrogens (tertiary/aromatic N) is 3. The Labute approximate surface area is 125 Å². The molecule has 1 heterocycles. The topological polar surface area (TPSA) is 42.2 Å². The van der Waals surface area contributed by atoms with Crippen LogP contribution in [0.15, 0.2) is 28.8 Å². The number of hydrogen-bond acceptors (Lipinski definition) is 4. The highest BCUT2D eigenvalue weighted by atomic mass is 16.5. The fraction of sp³-hybridized carbons (Fsp3) is 0.529. The standard InChI is InChI=1S/C17H21N3O/c1-20(11-16-18-17(19-21-16)13-9-10-13)15-8-4-6-12-5-2-3-7-14(12)15/h2-3,5,7,13,15H,4,6,8-11H2,1H3/t15-/m0/s1. The first-order chi connectivity index (χ1) is 10.3. The maximum atomic E-state index is 5.41. The summed E-state index contributed by atoms with van der Waals surface area (Å²) in [4.78, 5) is 6.89. The van der Waals surface area contributed by atoms with Gasteiger partial charge in [-0.1, -0.05) is 29.4 Å². The van der Waals surface area contributed by atoms with Crippen molar-refractivity contribution in [2.45, 2.75) is 50.6 Å². The lowest BCUT2D eigenvalue weighted by Crippen LogP contribution is -2.27. The third-order valence-electron chi connectivity index (χ3n) is 4.68. The number of aryl methyl sites for hydroxylation is 1. The maximum Gasteiger partial charge on any atom is 0.240 e. The molecule has 0 spiro atoms. The molecule has 4 nitrogen and oxygen atoms in total. The lowest BCUT2D eigenvalue weighted by atomic mass is 9.87. The Morgan fingerprint density at radius 2 is 2.10 bits per heavy atom. The highest BCUT2D eigenvalue weighted by molar-refractivity contribution is 5.32. The zero-order valence-electron chi connectivity index (χ0n) is 12.5. The van der Waals surface area contributed by atoms with E-state index in [9.17, 15) is 0 Å². The average molecular weight is 283 g/mol. The predicted octanol–water partition coefficient (Wildman–Crippen LogP) is 3.46. The predicted molar refractivity (Wildman–Crippen MR) is 79.9 cm³/mol. The Kier molecular flexibility index (Phi) is 3.26. The monoisotopic (exact) mass is 283 g/mol. The summed E-state index contributed by atoms with van der Waals surface area (Å²) in [6.07, 6.45) is 6.09. The summed E-state index contributed by atoms with van der Waals surface area (Å²) in [5, 5.41) is 4.11. The molecule has 2 aliphatic carbocycles. The smallest absolute Gasteiger partial charge is 0.240 e.